The molecular weight excluding hydrogens is 326 g/mol. The molecule has 0 saturated heterocycles. The molecule has 0 saturated carbocycles. The zero-order chi connectivity index (χ0) is 17.0. The normalized spacial score (nSPS) is 17.8. The van der Waals surface area contributed by atoms with E-state index in [-0.39, 0.29) is 10.9 Å². The number of hydrogen-bond donors (Lipinski definition) is 1. The molecule has 0 fully saturated rings. The highest BCUT2D eigenvalue weighted by atomic mass is 32.2. The van der Waals surface area contributed by atoms with Crippen molar-refractivity contribution in [3.8, 4) is 5.75 Å². The number of hydrogen-bond acceptors (Lipinski definition) is 4. The molecule has 1 aliphatic rings. The second-order valence-electron chi connectivity index (χ2n) is 6.06. The van der Waals surface area contributed by atoms with Crippen molar-refractivity contribution in [1.82, 2.24) is 14.5 Å². The first-order valence-electron chi connectivity index (χ1n) is 8.32. The highest BCUT2D eigenvalue weighted by Crippen LogP contribution is 2.26. The van der Waals surface area contributed by atoms with Crippen LogP contribution in [0.1, 0.15) is 25.3 Å². The summed E-state index contributed by atoms with van der Waals surface area (Å²) in [6, 6.07) is 9.49. The predicted molar refractivity (Wildman–Crippen MR) is 91.5 cm³/mol. The average molecular weight is 349 g/mol. The van der Waals surface area contributed by atoms with Crippen molar-refractivity contribution in [3.05, 3.63) is 42.1 Å². The monoisotopic (exact) mass is 349 g/mol. The van der Waals surface area contributed by atoms with Crippen LogP contribution in [0, 0.1) is 5.92 Å². The van der Waals surface area contributed by atoms with E-state index in [9.17, 15) is 8.42 Å². The molecule has 1 atom stereocenters. The number of para-hydroxylation sites is 1. The van der Waals surface area contributed by atoms with E-state index in [1.807, 2.05) is 31.2 Å². The molecule has 0 amide bonds. The van der Waals surface area contributed by atoms with Gasteiger partial charge in [-0.2, -0.15) is 5.10 Å². The van der Waals surface area contributed by atoms with Crippen molar-refractivity contribution in [2.45, 2.75) is 37.8 Å². The van der Waals surface area contributed by atoms with E-state index in [4.69, 9.17) is 4.74 Å². The summed E-state index contributed by atoms with van der Waals surface area (Å²) in [5, 5.41) is 4.32. The summed E-state index contributed by atoms with van der Waals surface area (Å²) in [4.78, 5) is 0. The average Bonchev–Trinajstić information content (AvgIpc) is 2.93. The van der Waals surface area contributed by atoms with Gasteiger partial charge in [-0.25, -0.2) is 13.1 Å². The molecule has 130 valence electrons. The fourth-order valence-corrected chi connectivity index (χ4v) is 4.23. The number of rotatable bonds is 6. The minimum Gasteiger partial charge on any atom is -0.493 e. The van der Waals surface area contributed by atoms with Gasteiger partial charge in [0.1, 0.15) is 5.75 Å². The maximum Gasteiger partial charge on any atom is 0.257 e. The summed E-state index contributed by atoms with van der Waals surface area (Å²) in [5.74, 6) is 1.12. The van der Waals surface area contributed by atoms with Crippen molar-refractivity contribution in [3.63, 3.8) is 0 Å². The van der Waals surface area contributed by atoms with Gasteiger partial charge < -0.3 is 4.74 Å². The van der Waals surface area contributed by atoms with Crippen LogP contribution in [0.15, 0.2) is 41.6 Å². The van der Waals surface area contributed by atoms with Gasteiger partial charge in [0, 0.05) is 13.1 Å². The number of benzene rings is 1. The number of sulfonamides is 1. The molecule has 1 aromatic heterocycles. The van der Waals surface area contributed by atoms with E-state index < -0.39 is 10.0 Å². The summed E-state index contributed by atoms with van der Waals surface area (Å²) in [6.07, 6.45) is 4.00. The lowest BCUT2D eigenvalue weighted by atomic mass is 9.97. The Morgan fingerprint density at radius 3 is 3.00 bits per heavy atom. The Hall–Kier alpha value is -1.86. The molecule has 2 aromatic rings. The van der Waals surface area contributed by atoms with Gasteiger partial charge in [0.2, 0.25) is 0 Å². The molecule has 0 aliphatic carbocycles. The quantitative estimate of drug-likeness (QED) is 0.868. The van der Waals surface area contributed by atoms with Gasteiger partial charge in [0.05, 0.1) is 12.8 Å². The topological polar surface area (TPSA) is 73.2 Å². The molecule has 7 heteroatoms. The number of aromatic nitrogens is 2. The Labute approximate surface area is 142 Å². The number of nitrogens with zero attached hydrogens (tertiary/aromatic N) is 2. The van der Waals surface area contributed by atoms with Crippen LogP contribution in [0.2, 0.25) is 0 Å². The lowest BCUT2D eigenvalue weighted by Crippen LogP contribution is -2.32. The molecule has 0 bridgehead atoms. The molecule has 2 heterocycles. The number of ether oxygens (including phenoxy) is 1. The maximum absolute atomic E-state index is 12.6. The summed E-state index contributed by atoms with van der Waals surface area (Å²) < 4.78 is 35.1. The molecule has 1 aromatic carbocycles. The Morgan fingerprint density at radius 2 is 2.17 bits per heavy atom. The Bertz CT molecular complexity index is 786. The van der Waals surface area contributed by atoms with Gasteiger partial charge in [-0.15, -0.1) is 0 Å². The predicted octanol–water partition coefficient (Wildman–Crippen LogP) is 2.21. The van der Waals surface area contributed by atoms with E-state index in [0.29, 0.717) is 19.7 Å². The van der Waals surface area contributed by atoms with E-state index in [1.165, 1.54) is 10.9 Å². The maximum atomic E-state index is 12.6. The number of nitrogens with one attached hydrogen (secondary N) is 1. The van der Waals surface area contributed by atoms with E-state index in [1.54, 1.807) is 6.07 Å². The van der Waals surface area contributed by atoms with Gasteiger partial charge in [0.25, 0.3) is 10.0 Å². The Kier molecular flexibility index (Phi) is 5.20. The fraction of sp³-hybridized carbons (Fsp3) is 0.471. The largest absolute Gasteiger partial charge is 0.493 e. The third-order valence-electron chi connectivity index (χ3n) is 4.22. The molecule has 3 rings (SSSR count). The summed E-state index contributed by atoms with van der Waals surface area (Å²) in [6.45, 7) is 3.59. The first kappa shape index (κ1) is 17.0. The zero-order valence-corrected chi connectivity index (χ0v) is 14.6. The Morgan fingerprint density at radius 1 is 1.33 bits per heavy atom. The van der Waals surface area contributed by atoms with Crippen molar-refractivity contribution in [2.75, 3.05) is 13.2 Å². The molecule has 0 spiro atoms. The molecular formula is C17H23N3O3S. The molecule has 1 aliphatic heterocycles. The third-order valence-corrected chi connectivity index (χ3v) is 5.66. The summed E-state index contributed by atoms with van der Waals surface area (Å²) in [7, 11) is -3.55. The highest BCUT2D eigenvalue weighted by molar-refractivity contribution is 7.89. The van der Waals surface area contributed by atoms with Crippen LogP contribution in [-0.4, -0.2) is 31.3 Å². The van der Waals surface area contributed by atoms with Crippen LogP contribution in [0.3, 0.4) is 0 Å². The van der Waals surface area contributed by atoms with Crippen LogP contribution < -0.4 is 9.46 Å². The van der Waals surface area contributed by atoms with Crippen LogP contribution in [-0.2, 0) is 23.0 Å². The van der Waals surface area contributed by atoms with Crippen LogP contribution >= 0.6 is 0 Å². The molecule has 1 unspecified atom stereocenters. The lowest BCUT2D eigenvalue weighted by Gasteiger charge is -2.15. The highest BCUT2D eigenvalue weighted by Gasteiger charge is 2.23. The van der Waals surface area contributed by atoms with Gasteiger partial charge in [-0.1, -0.05) is 25.1 Å². The molecule has 1 N–H and O–H groups in total. The van der Waals surface area contributed by atoms with Gasteiger partial charge in [0.15, 0.2) is 5.03 Å². The van der Waals surface area contributed by atoms with Crippen LogP contribution in [0.5, 0.6) is 5.75 Å². The second kappa shape index (κ2) is 7.36. The standard InChI is InChI=1S/C17H23N3O3S/c1-2-10-20-17(7-9-18-20)24(21,22)19-13-14-8-11-23-16-6-4-3-5-15(16)12-14/h3-7,9,14,19H,2,8,10-13H2,1H3. The van der Waals surface area contributed by atoms with Crippen molar-refractivity contribution in [1.29, 1.82) is 0 Å². The van der Waals surface area contributed by atoms with Crippen molar-refractivity contribution < 1.29 is 13.2 Å². The lowest BCUT2D eigenvalue weighted by molar-refractivity contribution is 0.294. The number of aryl methyl sites for hydroxylation is 1. The summed E-state index contributed by atoms with van der Waals surface area (Å²) in [5.41, 5.74) is 1.13. The smallest absolute Gasteiger partial charge is 0.257 e. The fourth-order valence-electron chi connectivity index (χ4n) is 2.97. The van der Waals surface area contributed by atoms with E-state index in [2.05, 4.69) is 9.82 Å². The first-order chi connectivity index (χ1) is 11.6. The number of fused-ring (bicyclic) bond motifs is 1. The van der Waals surface area contributed by atoms with Crippen LogP contribution in [0.25, 0.3) is 0 Å². The molecule has 6 nitrogen and oxygen atoms in total. The van der Waals surface area contributed by atoms with E-state index >= 15 is 0 Å². The van der Waals surface area contributed by atoms with Crippen molar-refractivity contribution in [2.24, 2.45) is 5.92 Å². The van der Waals surface area contributed by atoms with Gasteiger partial charge >= 0.3 is 0 Å². The summed E-state index contributed by atoms with van der Waals surface area (Å²) >= 11 is 0. The van der Waals surface area contributed by atoms with Gasteiger partial charge in [-0.05, 0) is 42.9 Å². The van der Waals surface area contributed by atoms with Crippen LogP contribution in [0.4, 0.5) is 0 Å². The SMILES string of the molecule is CCCn1nccc1S(=O)(=O)NCC1CCOc2ccccc2C1. The second-order valence-corrected chi connectivity index (χ2v) is 7.77. The molecule has 0 radical (unpaired) electrons. The van der Waals surface area contributed by atoms with Gasteiger partial charge in [-0.3, -0.25) is 4.68 Å². The third kappa shape index (κ3) is 3.79. The van der Waals surface area contributed by atoms with Crippen molar-refractivity contribution >= 4 is 10.0 Å². The minimum atomic E-state index is -3.55. The molecule has 24 heavy (non-hydrogen) atoms. The first-order valence-corrected chi connectivity index (χ1v) is 9.80. The van der Waals surface area contributed by atoms with E-state index in [0.717, 1.165) is 30.6 Å². The minimum absolute atomic E-state index is 0.214. The zero-order valence-electron chi connectivity index (χ0n) is 13.8. The Balaban J connectivity index is 1.67.